The minimum atomic E-state index is -0.484. The second-order valence-corrected chi connectivity index (χ2v) is 10.00. The summed E-state index contributed by atoms with van der Waals surface area (Å²) in [4.78, 5) is 29.2. The Labute approximate surface area is 161 Å². The van der Waals surface area contributed by atoms with Crippen LogP contribution in [0, 0.1) is 0 Å². The molecule has 5 aliphatic rings. The van der Waals surface area contributed by atoms with E-state index in [1.807, 2.05) is 20.8 Å². The summed E-state index contributed by atoms with van der Waals surface area (Å²) < 4.78 is 11.4. The molecule has 7 heteroatoms. The fourth-order valence-electron chi connectivity index (χ4n) is 5.13. The van der Waals surface area contributed by atoms with Gasteiger partial charge < -0.3 is 24.6 Å². The van der Waals surface area contributed by atoms with Gasteiger partial charge in [-0.3, -0.25) is 0 Å². The van der Waals surface area contributed by atoms with Crippen LogP contribution in [0.25, 0.3) is 0 Å². The van der Waals surface area contributed by atoms with E-state index in [0.29, 0.717) is 37.4 Å². The quantitative estimate of drug-likeness (QED) is 0.760. The number of hydrogen-bond acceptors (Lipinski definition) is 4. The lowest BCUT2D eigenvalue weighted by Gasteiger charge is -2.56. The molecular formula is C20H33N3O4. The number of carbonyl (C=O) groups is 2. The van der Waals surface area contributed by atoms with E-state index in [4.69, 9.17) is 9.47 Å². The number of urea groups is 1. The molecule has 0 aromatic heterocycles. The molecule has 7 nitrogen and oxygen atoms in total. The molecule has 0 radical (unpaired) electrons. The predicted molar refractivity (Wildman–Crippen MR) is 101 cm³/mol. The largest absolute Gasteiger partial charge is 0.444 e. The van der Waals surface area contributed by atoms with Crippen LogP contribution in [0.4, 0.5) is 9.59 Å². The van der Waals surface area contributed by atoms with Crippen LogP contribution in [0.3, 0.4) is 0 Å². The number of hydrogen-bond donors (Lipinski definition) is 1. The van der Waals surface area contributed by atoms with Gasteiger partial charge in [0.2, 0.25) is 0 Å². The number of amides is 3. The smallest absolute Gasteiger partial charge is 0.410 e. The molecular weight excluding hydrogens is 346 g/mol. The number of nitrogens with one attached hydrogen (secondary N) is 1. The molecule has 0 unspecified atom stereocenters. The second-order valence-electron chi connectivity index (χ2n) is 10.00. The van der Waals surface area contributed by atoms with Crippen molar-refractivity contribution in [2.75, 3.05) is 13.1 Å². The van der Waals surface area contributed by atoms with Gasteiger partial charge in [0.05, 0.1) is 12.2 Å². The highest BCUT2D eigenvalue weighted by Crippen LogP contribution is 2.42. The van der Waals surface area contributed by atoms with Gasteiger partial charge in [0, 0.05) is 30.7 Å². The lowest BCUT2D eigenvalue weighted by atomic mass is 9.78. The van der Waals surface area contributed by atoms with Gasteiger partial charge in [-0.15, -0.1) is 0 Å². The maximum absolute atomic E-state index is 13.1. The molecule has 4 bridgehead atoms. The molecule has 5 rings (SSSR count). The van der Waals surface area contributed by atoms with Crippen LogP contribution in [0.1, 0.15) is 66.2 Å². The normalized spacial score (nSPS) is 34.5. The number of carbonyl (C=O) groups excluding carboxylic acids is 2. The molecule has 5 aliphatic heterocycles. The zero-order chi connectivity index (χ0) is 19.4. The van der Waals surface area contributed by atoms with Gasteiger partial charge in [-0.25, -0.2) is 9.59 Å². The molecule has 0 atom stereocenters. The monoisotopic (exact) mass is 379 g/mol. The fraction of sp³-hybridized carbons (Fsp3) is 0.900. The van der Waals surface area contributed by atoms with Gasteiger partial charge in [0.15, 0.2) is 0 Å². The maximum atomic E-state index is 13.1. The summed E-state index contributed by atoms with van der Waals surface area (Å²) >= 11 is 0. The first-order valence-corrected chi connectivity index (χ1v) is 10.4. The van der Waals surface area contributed by atoms with E-state index in [0.717, 1.165) is 38.5 Å². The van der Waals surface area contributed by atoms with Crippen LogP contribution < -0.4 is 5.32 Å². The summed E-state index contributed by atoms with van der Waals surface area (Å²) in [5.74, 6) is 0. The number of likely N-dealkylation sites (tertiary alicyclic amines) is 1. The fourth-order valence-corrected chi connectivity index (χ4v) is 5.13. The molecule has 152 valence electrons. The minimum Gasteiger partial charge on any atom is -0.444 e. The Balaban J connectivity index is 1.32. The highest BCUT2D eigenvalue weighted by atomic mass is 16.6. The van der Waals surface area contributed by atoms with Crippen molar-refractivity contribution in [3.63, 3.8) is 0 Å². The first-order chi connectivity index (χ1) is 12.6. The maximum Gasteiger partial charge on any atom is 0.410 e. The molecule has 5 saturated heterocycles. The molecule has 0 spiro atoms. The second kappa shape index (κ2) is 6.54. The van der Waals surface area contributed by atoms with E-state index < -0.39 is 5.60 Å². The van der Waals surface area contributed by atoms with Gasteiger partial charge >= 0.3 is 12.1 Å². The van der Waals surface area contributed by atoms with E-state index in [1.165, 1.54) is 0 Å². The Hall–Kier alpha value is -1.50. The van der Waals surface area contributed by atoms with Crippen molar-refractivity contribution in [1.82, 2.24) is 15.1 Å². The first kappa shape index (κ1) is 18.8. The third kappa shape index (κ3) is 3.89. The van der Waals surface area contributed by atoms with E-state index >= 15 is 0 Å². The molecule has 0 aromatic rings. The number of nitrogens with zero attached hydrogens (tertiary/aromatic N) is 2. The summed E-state index contributed by atoms with van der Waals surface area (Å²) in [6.45, 7) is 8.95. The van der Waals surface area contributed by atoms with Crippen LogP contribution in [0.5, 0.6) is 0 Å². The zero-order valence-corrected chi connectivity index (χ0v) is 17.0. The van der Waals surface area contributed by atoms with Crippen molar-refractivity contribution < 1.29 is 19.1 Å². The Morgan fingerprint density at radius 1 is 1.04 bits per heavy atom. The molecule has 0 saturated carbocycles. The third-order valence-electron chi connectivity index (χ3n) is 6.47. The van der Waals surface area contributed by atoms with E-state index in [-0.39, 0.29) is 17.7 Å². The molecule has 1 N–H and O–H groups in total. The average molecular weight is 380 g/mol. The van der Waals surface area contributed by atoms with Crippen molar-refractivity contribution in [2.24, 2.45) is 0 Å². The van der Waals surface area contributed by atoms with Crippen molar-refractivity contribution in [1.29, 1.82) is 0 Å². The van der Waals surface area contributed by atoms with Gasteiger partial charge in [-0.2, -0.15) is 0 Å². The molecule has 0 aromatic carbocycles. The topological polar surface area (TPSA) is 71.1 Å². The molecule has 5 fully saturated rings. The van der Waals surface area contributed by atoms with Crippen LogP contribution in [0.15, 0.2) is 0 Å². The third-order valence-corrected chi connectivity index (χ3v) is 6.47. The van der Waals surface area contributed by atoms with Gasteiger partial charge in [-0.1, -0.05) is 0 Å². The van der Waals surface area contributed by atoms with Crippen molar-refractivity contribution in [3.05, 3.63) is 0 Å². The SMILES string of the molecule is CC1(NC(=O)N2C3CC4CC2CC(C3)O4)CCN(C(=O)OC(C)(C)C)CC1. The lowest BCUT2D eigenvalue weighted by molar-refractivity contribution is -0.168. The molecule has 0 aliphatic carbocycles. The number of ether oxygens (including phenoxy) is 2. The number of rotatable bonds is 1. The summed E-state index contributed by atoms with van der Waals surface area (Å²) in [7, 11) is 0. The summed E-state index contributed by atoms with van der Waals surface area (Å²) in [5.41, 5.74) is -0.761. The van der Waals surface area contributed by atoms with Crippen LogP contribution in [-0.4, -0.2) is 70.4 Å². The Morgan fingerprint density at radius 2 is 1.56 bits per heavy atom. The van der Waals surface area contributed by atoms with Crippen LogP contribution in [0.2, 0.25) is 0 Å². The lowest BCUT2D eigenvalue weighted by Crippen LogP contribution is -2.67. The van der Waals surface area contributed by atoms with Gasteiger partial charge in [0.1, 0.15) is 5.60 Å². The van der Waals surface area contributed by atoms with Crippen LogP contribution >= 0.6 is 0 Å². The van der Waals surface area contributed by atoms with Crippen molar-refractivity contribution in [2.45, 2.75) is 102 Å². The molecule has 3 amide bonds. The van der Waals surface area contributed by atoms with Gasteiger partial charge in [-0.05, 0) is 66.2 Å². The van der Waals surface area contributed by atoms with E-state index in [1.54, 1.807) is 4.90 Å². The standard InChI is InChI=1S/C20H33N3O4/c1-19(2,3)27-18(25)22-7-5-20(4,6-8-22)21-17(24)23-13-9-15-11-14(23)12-16(10-13)26-15/h13-16H,5-12H2,1-4H3,(H,21,24). The van der Waals surface area contributed by atoms with E-state index in [9.17, 15) is 9.59 Å². The van der Waals surface area contributed by atoms with E-state index in [2.05, 4.69) is 17.1 Å². The molecule has 27 heavy (non-hydrogen) atoms. The highest BCUT2D eigenvalue weighted by Gasteiger charge is 2.50. The average Bonchev–Trinajstić information content (AvgIpc) is 2.52. The van der Waals surface area contributed by atoms with Crippen LogP contribution in [-0.2, 0) is 9.47 Å². The van der Waals surface area contributed by atoms with Crippen molar-refractivity contribution in [3.8, 4) is 0 Å². The Morgan fingerprint density at radius 3 is 2.04 bits per heavy atom. The number of piperidine rings is 3. The zero-order valence-electron chi connectivity index (χ0n) is 17.0. The minimum absolute atomic E-state index is 0.0667. The molecule has 5 heterocycles. The summed E-state index contributed by atoms with van der Waals surface area (Å²) in [6.07, 6.45) is 5.83. The van der Waals surface area contributed by atoms with Gasteiger partial charge in [0.25, 0.3) is 0 Å². The van der Waals surface area contributed by atoms with Crippen molar-refractivity contribution >= 4 is 12.1 Å². The Kier molecular flexibility index (Phi) is 4.56. The highest BCUT2D eigenvalue weighted by molar-refractivity contribution is 5.76. The first-order valence-electron chi connectivity index (χ1n) is 10.4. The summed E-state index contributed by atoms with van der Waals surface area (Å²) in [6, 6.07) is 0.718. The predicted octanol–water partition coefficient (Wildman–Crippen LogP) is 2.88. The Bertz CT molecular complexity index is 579. The summed E-state index contributed by atoms with van der Waals surface area (Å²) in [5, 5.41) is 3.30.